The molecule has 1 N–H and O–H groups in total. The first-order valence-electron chi connectivity index (χ1n) is 6.28. The fraction of sp³-hybridized carbons (Fsp3) is 0.917. The molecule has 3 unspecified atom stereocenters. The Morgan fingerprint density at radius 2 is 2.31 bits per heavy atom. The first-order chi connectivity index (χ1) is 7.67. The van der Waals surface area contributed by atoms with Crippen molar-refractivity contribution >= 4 is 16.9 Å². The smallest absolute Gasteiger partial charge is 0.157 e. The summed E-state index contributed by atoms with van der Waals surface area (Å²) >= 11 is 1.95. The van der Waals surface area contributed by atoms with Gasteiger partial charge < -0.3 is 10.1 Å². The lowest BCUT2D eigenvalue weighted by atomic mass is 9.95. The first kappa shape index (κ1) is 10.9. The van der Waals surface area contributed by atoms with E-state index in [1.54, 1.807) is 0 Å². The molecule has 2 heterocycles. The lowest BCUT2D eigenvalue weighted by Crippen LogP contribution is -2.49. The molecule has 0 spiro atoms. The van der Waals surface area contributed by atoms with Crippen LogP contribution in [0, 0.1) is 5.92 Å². The molecule has 0 aromatic rings. The number of nitrogens with zero attached hydrogens (tertiary/aromatic N) is 1. The molecule has 2 fully saturated rings. The second-order valence-corrected chi connectivity index (χ2v) is 6.67. The molecule has 1 saturated heterocycles. The van der Waals surface area contributed by atoms with Gasteiger partial charge in [0.15, 0.2) is 5.17 Å². The fourth-order valence-corrected chi connectivity index (χ4v) is 3.76. The van der Waals surface area contributed by atoms with Crippen LogP contribution in [0.4, 0.5) is 0 Å². The van der Waals surface area contributed by atoms with E-state index in [2.05, 4.69) is 24.2 Å². The minimum absolute atomic E-state index is 0.0876. The van der Waals surface area contributed by atoms with Crippen molar-refractivity contribution in [2.24, 2.45) is 10.9 Å². The van der Waals surface area contributed by atoms with E-state index in [0.29, 0.717) is 0 Å². The molecule has 0 amide bonds. The third kappa shape index (κ3) is 1.97. The Morgan fingerprint density at radius 1 is 1.50 bits per heavy atom. The quantitative estimate of drug-likeness (QED) is 0.802. The maximum Gasteiger partial charge on any atom is 0.157 e. The van der Waals surface area contributed by atoms with E-state index in [4.69, 9.17) is 4.74 Å². The van der Waals surface area contributed by atoms with Gasteiger partial charge in [-0.3, -0.25) is 4.99 Å². The highest BCUT2D eigenvalue weighted by Gasteiger charge is 2.41. The van der Waals surface area contributed by atoms with Gasteiger partial charge in [0.05, 0.1) is 18.2 Å². The van der Waals surface area contributed by atoms with Gasteiger partial charge in [0.2, 0.25) is 0 Å². The second-order valence-electron chi connectivity index (χ2n) is 5.45. The molecule has 4 heteroatoms. The van der Waals surface area contributed by atoms with Crippen LogP contribution in [-0.4, -0.2) is 35.2 Å². The number of ether oxygens (including phenoxy) is 1. The highest BCUT2D eigenvalue weighted by molar-refractivity contribution is 8.14. The molecule has 3 atom stereocenters. The van der Waals surface area contributed by atoms with Gasteiger partial charge in [0.25, 0.3) is 0 Å². The summed E-state index contributed by atoms with van der Waals surface area (Å²) in [6.07, 6.45) is 4.20. The number of aliphatic imine (C=N–C) groups is 1. The summed E-state index contributed by atoms with van der Waals surface area (Å²) in [5.74, 6) is 0.943. The third-order valence-corrected chi connectivity index (χ3v) is 5.40. The molecule has 3 nitrogen and oxygen atoms in total. The van der Waals surface area contributed by atoms with Crippen LogP contribution in [0.15, 0.2) is 4.99 Å². The number of amidine groups is 1. The highest BCUT2D eigenvalue weighted by atomic mass is 32.2. The van der Waals surface area contributed by atoms with Gasteiger partial charge in [0.1, 0.15) is 0 Å². The Labute approximate surface area is 101 Å². The molecular weight excluding hydrogens is 220 g/mol. The summed E-state index contributed by atoms with van der Waals surface area (Å²) in [4.78, 5) is 4.63. The van der Waals surface area contributed by atoms with Crippen LogP contribution in [0.1, 0.15) is 33.1 Å². The zero-order valence-electron chi connectivity index (χ0n) is 10.0. The molecule has 0 aromatic heterocycles. The molecule has 16 heavy (non-hydrogen) atoms. The van der Waals surface area contributed by atoms with Crippen molar-refractivity contribution in [2.75, 3.05) is 13.2 Å². The maximum absolute atomic E-state index is 5.64. The SMILES string of the molecule is CC1OCCC1(C)NC1=NCC(C2CC2)S1. The van der Waals surface area contributed by atoms with Crippen LogP contribution in [0.2, 0.25) is 0 Å². The molecule has 1 aliphatic carbocycles. The van der Waals surface area contributed by atoms with Crippen molar-refractivity contribution in [1.82, 2.24) is 5.32 Å². The van der Waals surface area contributed by atoms with Gasteiger partial charge >= 0.3 is 0 Å². The second kappa shape index (κ2) is 3.91. The molecular formula is C12H20N2OS. The summed E-state index contributed by atoms with van der Waals surface area (Å²) < 4.78 is 5.64. The number of hydrogen-bond acceptors (Lipinski definition) is 4. The molecule has 3 rings (SSSR count). The van der Waals surface area contributed by atoms with Gasteiger partial charge in [-0.05, 0) is 39.0 Å². The minimum Gasteiger partial charge on any atom is -0.376 e. The van der Waals surface area contributed by atoms with E-state index in [9.17, 15) is 0 Å². The normalized spacial score (nSPS) is 43.5. The van der Waals surface area contributed by atoms with Crippen LogP contribution in [0.25, 0.3) is 0 Å². The molecule has 0 bridgehead atoms. The van der Waals surface area contributed by atoms with Crippen LogP contribution < -0.4 is 5.32 Å². The minimum atomic E-state index is 0.0876. The van der Waals surface area contributed by atoms with E-state index in [0.717, 1.165) is 35.9 Å². The molecule has 3 aliphatic rings. The Hall–Kier alpha value is -0.220. The topological polar surface area (TPSA) is 33.6 Å². The summed E-state index contributed by atoms with van der Waals surface area (Å²) in [5, 5.41) is 5.51. The van der Waals surface area contributed by atoms with Gasteiger partial charge in [-0.2, -0.15) is 0 Å². The Balaban J connectivity index is 1.58. The third-order valence-electron chi connectivity index (χ3n) is 4.10. The van der Waals surface area contributed by atoms with Gasteiger partial charge in [0, 0.05) is 11.9 Å². The predicted molar refractivity (Wildman–Crippen MR) is 68.0 cm³/mol. The van der Waals surface area contributed by atoms with Crippen LogP contribution in [0.3, 0.4) is 0 Å². The Morgan fingerprint density at radius 3 is 2.94 bits per heavy atom. The maximum atomic E-state index is 5.64. The van der Waals surface area contributed by atoms with Crippen molar-refractivity contribution in [3.8, 4) is 0 Å². The van der Waals surface area contributed by atoms with Crippen LogP contribution in [0.5, 0.6) is 0 Å². The van der Waals surface area contributed by atoms with Crippen molar-refractivity contribution in [3.63, 3.8) is 0 Å². The zero-order valence-corrected chi connectivity index (χ0v) is 10.8. The van der Waals surface area contributed by atoms with E-state index in [-0.39, 0.29) is 11.6 Å². The van der Waals surface area contributed by atoms with Crippen LogP contribution in [-0.2, 0) is 4.74 Å². The monoisotopic (exact) mass is 240 g/mol. The van der Waals surface area contributed by atoms with Gasteiger partial charge in [-0.1, -0.05) is 11.8 Å². The molecule has 2 aliphatic heterocycles. The lowest BCUT2D eigenvalue weighted by Gasteiger charge is -2.29. The molecule has 1 saturated carbocycles. The Bertz CT molecular complexity index is 316. The van der Waals surface area contributed by atoms with Gasteiger partial charge in [-0.15, -0.1) is 0 Å². The van der Waals surface area contributed by atoms with Crippen molar-refractivity contribution in [2.45, 2.75) is 50.0 Å². The predicted octanol–water partition coefficient (Wildman–Crippen LogP) is 2.02. The average molecular weight is 240 g/mol. The molecule has 90 valence electrons. The van der Waals surface area contributed by atoms with Crippen molar-refractivity contribution < 1.29 is 4.74 Å². The van der Waals surface area contributed by atoms with Crippen molar-refractivity contribution in [1.29, 1.82) is 0 Å². The largest absolute Gasteiger partial charge is 0.376 e. The van der Waals surface area contributed by atoms with Crippen molar-refractivity contribution in [3.05, 3.63) is 0 Å². The highest BCUT2D eigenvalue weighted by Crippen LogP contribution is 2.42. The molecule has 0 aromatic carbocycles. The van der Waals surface area contributed by atoms with E-state index < -0.39 is 0 Å². The molecule has 0 radical (unpaired) electrons. The zero-order chi connectivity index (χ0) is 11.2. The number of rotatable bonds is 2. The van der Waals surface area contributed by atoms with Crippen LogP contribution >= 0.6 is 11.8 Å². The van der Waals surface area contributed by atoms with Gasteiger partial charge in [-0.25, -0.2) is 0 Å². The first-order valence-corrected chi connectivity index (χ1v) is 7.16. The van der Waals surface area contributed by atoms with E-state index in [1.165, 1.54) is 12.8 Å². The number of hydrogen-bond donors (Lipinski definition) is 1. The fourth-order valence-electron chi connectivity index (χ4n) is 2.42. The van der Waals surface area contributed by atoms with E-state index >= 15 is 0 Å². The summed E-state index contributed by atoms with van der Waals surface area (Å²) in [5.41, 5.74) is 0.0876. The summed E-state index contributed by atoms with van der Waals surface area (Å²) in [6, 6.07) is 0. The standard InChI is InChI=1S/C12H20N2OS/c1-8-12(2,5-6-15-8)14-11-13-7-10(16-11)9-3-4-9/h8-10H,3-7H2,1-2H3,(H,13,14). The summed E-state index contributed by atoms with van der Waals surface area (Å²) in [6.45, 7) is 6.29. The van der Waals surface area contributed by atoms with E-state index in [1.807, 2.05) is 11.8 Å². The average Bonchev–Trinajstić information content (AvgIpc) is 2.92. The lowest BCUT2D eigenvalue weighted by molar-refractivity contribution is 0.0951. The number of nitrogens with one attached hydrogen (secondary N) is 1. The Kier molecular flexibility index (Phi) is 2.67. The summed E-state index contributed by atoms with van der Waals surface area (Å²) in [7, 11) is 0. The number of thioether (sulfide) groups is 1.